The Hall–Kier alpha value is -3.74. The molecule has 0 aliphatic heterocycles. The number of benzene rings is 1. The van der Waals surface area contributed by atoms with E-state index in [2.05, 4.69) is 25.5 Å². The van der Waals surface area contributed by atoms with Crippen LogP contribution in [0.25, 0.3) is 22.2 Å². The fraction of sp³-hybridized carbons (Fsp3) is 0.100. The average molecular weight is 359 g/mol. The maximum absolute atomic E-state index is 12.0. The van der Waals surface area contributed by atoms with Gasteiger partial charge in [-0.2, -0.15) is 5.10 Å². The molecule has 4 aromatic rings. The lowest BCUT2D eigenvalue weighted by Gasteiger charge is -2.06. The summed E-state index contributed by atoms with van der Waals surface area (Å²) in [4.78, 5) is 20.5. The molecule has 4 rings (SSSR count). The standard InChI is InChI=1S/C20H17N5O2/c1-13-9-15(7-8-21-13)19-16-11-22-18(10-17(16)24-25-19)23-20(26)27-12-14-5-3-2-4-6-14/h2-11H,12H2,1H3,(H,24,25)(H,22,23,26). The molecule has 1 amide bonds. The van der Waals surface area contributed by atoms with Gasteiger partial charge < -0.3 is 4.74 Å². The summed E-state index contributed by atoms with van der Waals surface area (Å²) >= 11 is 0. The molecule has 0 spiro atoms. The Balaban J connectivity index is 1.48. The third-order valence-corrected chi connectivity index (χ3v) is 4.06. The Morgan fingerprint density at radius 3 is 2.81 bits per heavy atom. The Labute approximate surface area is 155 Å². The van der Waals surface area contributed by atoms with Crippen molar-refractivity contribution < 1.29 is 9.53 Å². The predicted octanol–water partition coefficient (Wildman–Crippen LogP) is 4.08. The Morgan fingerprint density at radius 1 is 1.15 bits per heavy atom. The molecule has 134 valence electrons. The summed E-state index contributed by atoms with van der Waals surface area (Å²) in [5.74, 6) is 0.390. The lowest BCUT2D eigenvalue weighted by molar-refractivity contribution is 0.155. The maximum Gasteiger partial charge on any atom is 0.413 e. The van der Waals surface area contributed by atoms with Crippen molar-refractivity contribution in [2.75, 3.05) is 5.32 Å². The smallest absolute Gasteiger partial charge is 0.413 e. The van der Waals surface area contributed by atoms with Gasteiger partial charge in [0, 0.05) is 35.1 Å². The highest BCUT2D eigenvalue weighted by atomic mass is 16.5. The second-order valence-electron chi connectivity index (χ2n) is 6.06. The SMILES string of the molecule is Cc1cc(-c2n[nH]c3cc(NC(=O)OCc4ccccc4)ncc23)ccn1. The number of amides is 1. The van der Waals surface area contributed by atoms with Crippen LogP contribution in [0.5, 0.6) is 0 Å². The highest BCUT2D eigenvalue weighted by Gasteiger charge is 2.11. The van der Waals surface area contributed by atoms with E-state index >= 15 is 0 Å². The summed E-state index contributed by atoms with van der Waals surface area (Å²) < 4.78 is 5.21. The van der Waals surface area contributed by atoms with Crippen LogP contribution < -0.4 is 5.32 Å². The number of carbonyl (C=O) groups excluding carboxylic acids is 1. The third-order valence-electron chi connectivity index (χ3n) is 4.06. The Bertz CT molecular complexity index is 1090. The molecule has 1 aromatic carbocycles. The number of aryl methyl sites for hydroxylation is 1. The van der Waals surface area contributed by atoms with E-state index in [1.165, 1.54) is 0 Å². The van der Waals surface area contributed by atoms with Crippen molar-refractivity contribution in [1.29, 1.82) is 0 Å². The number of H-pyrrole nitrogens is 1. The van der Waals surface area contributed by atoms with Crippen LogP contribution in [0.3, 0.4) is 0 Å². The first-order chi connectivity index (χ1) is 13.2. The van der Waals surface area contributed by atoms with Crippen molar-refractivity contribution in [3.63, 3.8) is 0 Å². The Morgan fingerprint density at radius 2 is 2.00 bits per heavy atom. The van der Waals surface area contributed by atoms with E-state index < -0.39 is 6.09 Å². The normalized spacial score (nSPS) is 10.7. The molecule has 0 unspecified atom stereocenters. The summed E-state index contributed by atoms with van der Waals surface area (Å²) in [5.41, 5.74) is 4.35. The van der Waals surface area contributed by atoms with Gasteiger partial charge in [0.2, 0.25) is 0 Å². The average Bonchev–Trinajstić information content (AvgIpc) is 3.10. The molecule has 7 heteroatoms. The fourth-order valence-corrected chi connectivity index (χ4v) is 2.76. The lowest BCUT2D eigenvalue weighted by atomic mass is 10.1. The van der Waals surface area contributed by atoms with Crippen LogP contribution in [0.4, 0.5) is 10.6 Å². The van der Waals surface area contributed by atoms with E-state index in [9.17, 15) is 4.79 Å². The number of aromatic nitrogens is 4. The van der Waals surface area contributed by atoms with E-state index in [-0.39, 0.29) is 6.61 Å². The summed E-state index contributed by atoms with van der Waals surface area (Å²) in [7, 11) is 0. The van der Waals surface area contributed by atoms with Gasteiger partial charge in [-0.25, -0.2) is 9.78 Å². The molecular weight excluding hydrogens is 342 g/mol. The minimum atomic E-state index is -0.560. The van der Waals surface area contributed by atoms with E-state index in [4.69, 9.17) is 4.74 Å². The molecule has 3 heterocycles. The Kier molecular flexibility index (Phi) is 4.49. The zero-order valence-electron chi connectivity index (χ0n) is 14.6. The molecule has 0 aliphatic carbocycles. The number of carbonyl (C=O) groups is 1. The number of ether oxygens (including phenoxy) is 1. The zero-order chi connectivity index (χ0) is 18.6. The maximum atomic E-state index is 12.0. The van der Waals surface area contributed by atoms with Crippen LogP contribution in [-0.4, -0.2) is 26.3 Å². The summed E-state index contributed by atoms with van der Waals surface area (Å²) in [6.45, 7) is 2.13. The van der Waals surface area contributed by atoms with Gasteiger partial charge in [-0.1, -0.05) is 30.3 Å². The van der Waals surface area contributed by atoms with Crippen molar-refractivity contribution >= 4 is 22.8 Å². The third kappa shape index (κ3) is 3.77. The number of hydrogen-bond acceptors (Lipinski definition) is 5. The van der Waals surface area contributed by atoms with E-state index in [1.54, 1.807) is 18.5 Å². The number of nitrogens with zero attached hydrogens (tertiary/aromatic N) is 3. The second-order valence-corrected chi connectivity index (χ2v) is 6.06. The van der Waals surface area contributed by atoms with E-state index in [0.717, 1.165) is 33.4 Å². The first kappa shape index (κ1) is 16.7. The summed E-state index contributed by atoms with van der Waals surface area (Å²) in [5, 5.41) is 10.8. The van der Waals surface area contributed by atoms with Crippen LogP contribution in [-0.2, 0) is 11.3 Å². The predicted molar refractivity (Wildman–Crippen MR) is 102 cm³/mol. The summed E-state index contributed by atoms with van der Waals surface area (Å²) in [6.07, 6.45) is 2.86. The van der Waals surface area contributed by atoms with Crippen molar-refractivity contribution in [2.24, 2.45) is 0 Å². The van der Waals surface area contributed by atoms with Crippen LogP contribution in [0, 0.1) is 6.92 Å². The molecule has 0 saturated carbocycles. The molecule has 0 atom stereocenters. The fourth-order valence-electron chi connectivity index (χ4n) is 2.76. The highest BCUT2D eigenvalue weighted by Crippen LogP contribution is 2.26. The number of aromatic amines is 1. The monoisotopic (exact) mass is 359 g/mol. The lowest BCUT2D eigenvalue weighted by Crippen LogP contribution is -2.14. The van der Waals surface area contributed by atoms with Crippen molar-refractivity contribution in [3.8, 4) is 11.3 Å². The molecular formula is C20H17N5O2. The molecule has 0 radical (unpaired) electrons. The topological polar surface area (TPSA) is 92.8 Å². The van der Waals surface area contributed by atoms with Gasteiger partial charge in [0.05, 0.1) is 5.52 Å². The van der Waals surface area contributed by atoms with Gasteiger partial charge in [-0.05, 0) is 24.6 Å². The zero-order valence-corrected chi connectivity index (χ0v) is 14.6. The quantitative estimate of drug-likeness (QED) is 0.573. The molecule has 7 nitrogen and oxygen atoms in total. The van der Waals surface area contributed by atoms with Crippen molar-refractivity contribution in [2.45, 2.75) is 13.5 Å². The van der Waals surface area contributed by atoms with Gasteiger partial charge in [-0.3, -0.25) is 15.4 Å². The summed E-state index contributed by atoms with van der Waals surface area (Å²) in [6, 6.07) is 15.1. The number of pyridine rings is 2. The van der Waals surface area contributed by atoms with Crippen molar-refractivity contribution in [3.05, 3.63) is 72.2 Å². The molecule has 0 fully saturated rings. The van der Waals surface area contributed by atoms with Crippen molar-refractivity contribution in [1.82, 2.24) is 20.2 Å². The first-order valence-corrected chi connectivity index (χ1v) is 8.44. The molecule has 27 heavy (non-hydrogen) atoms. The second kappa shape index (κ2) is 7.25. The van der Waals surface area contributed by atoms with Crippen LogP contribution >= 0.6 is 0 Å². The minimum absolute atomic E-state index is 0.199. The van der Waals surface area contributed by atoms with Crippen LogP contribution in [0.2, 0.25) is 0 Å². The number of rotatable bonds is 4. The van der Waals surface area contributed by atoms with Gasteiger partial charge >= 0.3 is 6.09 Å². The molecule has 0 bridgehead atoms. The molecule has 0 saturated heterocycles. The van der Waals surface area contributed by atoms with Gasteiger partial charge in [0.15, 0.2) is 0 Å². The number of fused-ring (bicyclic) bond motifs is 1. The molecule has 3 aromatic heterocycles. The van der Waals surface area contributed by atoms with Gasteiger partial charge in [0.1, 0.15) is 18.1 Å². The minimum Gasteiger partial charge on any atom is -0.444 e. The van der Waals surface area contributed by atoms with Gasteiger partial charge in [-0.15, -0.1) is 0 Å². The van der Waals surface area contributed by atoms with Crippen LogP contribution in [0.15, 0.2) is 60.9 Å². The van der Waals surface area contributed by atoms with Crippen LogP contribution in [0.1, 0.15) is 11.3 Å². The molecule has 0 aliphatic rings. The highest BCUT2D eigenvalue weighted by molar-refractivity contribution is 5.94. The van der Waals surface area contributed by atoms with Gasteiger partial charge in [0.25, 0.3) is 0 Å². The van der Waals surface area contributed by atoms with E-state index in [1.807, 2.05) is 49.4 Å². The largest absolute Gasteiger partial charge is 0.444 e. The molecule has 2 N–H and O–H groups in total. The number of hydrogen-bond donors (Lipinski definition) is 2. The first-order valence-electron chi connectivity index (χ1n) is 8.44. The van der Waals surface area contributed by atoms with E-state index in [0.29, 0.717) is 5.82 Å². The number of nitrogens with one attached hydrogen (secondary N) is 2. The number of anilines is 1.